The van der Waals surface area contributed by atoms with E-state index in [2.05, 4.69) is 49.2 Å². The first kappa shape index (κ1) is 24.1. The molecule has 0 aliphatic carbocycles. The Morgan fingerprint density at radius 1 is 1.06 bits per heavy atom. The van der Waals surface area contributed by atoms with Crippen molar-refractivity contribution < 1.29 is 19.8 Å². The molecule has 3 heterocycles. The molecule has 1 amide bonds. The summed E-state index contributed by atoms with van der Waals surface area (Å²) in [4.78, 5) is 42.9. The van der Waals surface area contributed by atoms with E-state index in [9.17, 15) is 14.7 Å². The Bertz CT molecular complexity index is 1210. The van der Waals surface area contributed by atoms with Crippen LogP contribution < -0.4 is 10.2 Å². The van der Waals surface area contributed by atoms with Crippen LogP contribution in [0.15, 0.2) is 36.7 Å². The number of carboxylic acid groups (broad SMARTS) is 1. The highest BCUT2D eigenvalue weighted by Crippen LogP contribution is 2.26. The lowest BCUT2D eigenvalue weighted by molar-refractivity contribution is -0.135. The zero-order chi connectivity index (χ0) is 24.9. The number of rotatable bonds is 7. The molecule has 1 fully saturated rings. The lowest BCUT2D eigenvalue weighted by Crippen LogP contribution is -2.35. The molecule has 0 saturated carbocycles. The number of nitrogens with zero attached hydrogens (tertiary/aromatic N) is 5. The normalized spacial score (nSPS) is 14.1. The molecular weight excluding hydrogens is 448 g/mol. The molecule has 1 aliphatic heterocycles. The van der Waals surface area contributed by atoms with Gasteiger partial charge in [-0.3, -0.25) is 14.6 Å². The number of nitrogens with one attached hydrogen (secondary N) is 1. The summed E-state index contributed by atoms with van der Waals surface area (Å²) >= 11 is 0. The number of amides is 1. The Morgan fingerprint density at radius 2 is 1.77 bits per heavy atom. The van der Waals surface area contributed by atoms with Crippen molar-refractivity contribution in [3.8, 4) is 17.0 Å². The van der Waals surface area contributed by atoms with Crippen molar-refractivity contribution in [2.45, 2.75) is 33.1 Å². The van der Waals surface area contributed by atoms with Crippen LogP contribution in [0, 0.1) is 19.8 Å². The largest absolute Gasteiger partial charge is 0.504 e. The van der Waals surface area contributed by atoms with Crippen LogP contribution in [0.1, 0.15) is 40.4 Å². The van der Waals surface area contributed by atoms with Gasteiger partial charge < -0.3 is 20.4 Å². The van der Waals surface area contributed by atoms with E-state index in [1.54, 1.807) is 13.1 Å². The molecule has 4 rings (SSSR count). The summed E-state index contributed by atoms with van der Waals surface area (Å²) in [5.74, 6) is -0.636. The van der Waals surface area contributed by atoms with E-state index in [0.29, 0.717) is 18.2 Å². The highest BCUT2D eigenvalue weighted by molar-refractivity contribution is 5.96. The predicted octanol–water partition coefficient (Wildman–Crippen LogP) is 2.53. The third kappa shape index (κ3) is 5.89. The number of aromatic hydroxyl groups is 1. The molecule has 35 heavy (non-hydrogen) atoms. The van der Waals surface area contributed by atoms with Crippen LogP contribution in [0.4, 0.5) is 5.82 Å². The van der Waals surface area contributed by atoms with E-state index < -0.39 is 18.4 Å². The second-order valence-electron chi connectivity index (χ2n) is 8.76. The zero-order valence-corrected chi connectivity index (χ0v) is 19.7. The molecule has 3 aromatic rings. The fourth-order valence-electron chi connectivity index (χ4n) is 4.10. The quantitative estimate of drug-likeness (QED) is 0.469. The summed E-state index contributed by atoms with van der Waals surface area (Å²) in [7, 11) is 0. The van der Waals surface area contributed by atoms with Crippen LogP contribution in [0.25, 0.3) is 11.3 Å². The molecule has 2 aromatic heterocycles. The molecular formula is C25H28N6O4. The molecule has 182 valence electrons. The molecule has 0 bridgehead atoms. The molecule has 0 unspecified atom stereocenters. The number of anilines is 1. The molecule has 0 radical (unpaired) electrons. The molecule has 10 heteroatoms. The van der Waals surface area contributed by atoms with E-state index in [0.717, 1.165) is 43.0 Å². The SMILES string of the molecule is Cc1ccc(-c2cnc(N3CCC(Cc4nc(C)c(O)c(C(=O)NCC(=O)O)n4)CC3)cn2)cc1. The van der Waals surface area contributed by atoms with Crippen LogP contribution in [0.2, 0.25) is 0 Å². The number of aromatic nitrogens is 4. The van der Waals surface area contributed by atoms with E-state index in [1.165, 1.54) is 5.56 Å². The highest BCUT2D eigenvalue weighted by atomic mass is 16.4. The maximum atomic E-state index is 12.3. The van der Waals surface area contributed by atoms with Gasteiger partial charge in [0.2, 0.25) is 0 Å². The van der Waals surface area contributed by atoms with Gasteiger partial charge in [0.15, 0.2) is 11.4 Å². The number of aliphatic carboxylic acids is 1. The molecule has 0 spiro atoms. The van der Waals surface area contributed by atoms with Gasteiger partial charge in [-0.2, -0.15) is 0 Å². The summed E-state index contributed by atoms with van der Waals surface area (Å²) in [5, 5.41) is 21.2. The summed E-state index contributed by atoms with van der Waals surface area (Å²) in [6.07, 6.45) is 5.96. The summed E-state index contributed by atoms with van der Waals surface area (Å²) < 4.78 is 0. The van der Waals surface area contributed by atoms with Gasteiger partial charge in [0.1, 0.15) is 18.2 Å². The minimum Gasteiger partial charge on any atom is -0.504 e. The van der Waals surface area contributed by atoms with Crippen molar-refractivity contribution in [2.24, 2.45) is 5.92 Å². The monoisotopic (exact) mass is 476 g/mol. The fourth-order valence-corrected chi connectivity index (χ4v) is 4.10. The van der Waals surface area contributed by atoms with Gasteiger partial charge in [-0.05, 0) is 32.6 Å². The Labute approximate surface area is 203 Å². The van der Waals surface area contributed by atoms with Crippen molar-refractivity contribution in [3.63, 3.8) is 0 Å². The number of carboxylic acids is 1. The van der Waals surface area contributed by atoms with E-state index in [4.69, 9.17) is 5.11 Å². The maximum absolute atomic E-state index is 12.3. The second kappa shape index (κ2) is 10.5. The van der Waals surface area contributed by atoms with Crippen molar-refractivity contribution in [2.75, 3.05) is 24.5 Å². The molecule has 0 atom stereocenters. The summed E-state index contributed by atoms with van der Waals surface area (Å²) in [6, 6.07) is 8.19. The number of piperidine rings is 1. The van der Waals surface area contributed by atoms with Gasteiger partial charge in [-0.1, -0.05) is 29.8 Å². The minimum absolute atomic E-state index is 0.199. The van der Waals surface area contributed by atoms with Crippen molar-refractivity contribution in [1.29, 1.82) is 0 Å². The molecule has 1 saturated heterocycles. The standard InChI is InChI=1S/C25H28N6O4/c1-15-3-5-18(6-4-15)19-12-27-21(13-26-19)31-9-7-17(8-10-31)11-20-29-16(2)24(34)23(30-20)25(35)28-14-22(32)33/h3-6,12-13,17,34H,7-11,14H2,1-2H3,(H,28,35)(H,32,33). The number of aryl methyl sites for hydroxylation is 2. The molecule has 1 aromatic carbocycles. The van der Waals surface area contributed by atoms with Crippen LogP contribution in [-0.4, -0.2) is 61.7 Å². The highest BCUT2D eigenvalue weighted by Gasteiger charge is 2.24. The van der Waals surface area contributed by atoms with Gasteiger partial charge in [0, 0.05) is 25.1 Å². The van der Waals surface area contributed by atoms with Gasteiger partial charge in [-0.15, -0.1) is 0 Å². The Morgan fingerprint density at radius 3 is 2.40 bits per heavy atom. The Balaban J connectivity index is 1.36. The van der Waals surface area contributed by atoms with Gasteiger partial charge in [-0.25, -0.2) is 15.0 Å². The number of hydrogen-bond acceptors (Lipinski definition) is 8. The van der Waals surface area contributed by atoms with Crippen molar-refractivity contribution in [3.05, 3.63) is 59.4 Å². The van der Waals surface area contributed by atoms with Crippen molar-refractivity contribution in [1.82, 2.24) is 25.3 Å². The first-order valence-corrected chi connectivity index (χ1v) is 11.5. The van der Waals surface area contributed by atoms with Gasteiger partial charge >= 0.3 is 5.97 Å². The molecule has 10 nitrogen and oxygen atoms in total. The number of benzene rings is 1. The lowest BCUT2D eigenvalue weighted by atomic mass is 9.93. The zero-order valence-electron chi connectivity index (χ0n) is 19.7. The third-order valence-electron chi connectivity index (χ3n) is 6.12. The molecule has 3 N–H and O–H groups in total. The summed E-state index contributed by atoms with van der Waals surface area (Å²) in [6.45, 7) is 4.72. The predicted molar refractivity (Wildman–Crippen MR) is 129 cm³/mol. The van der Waals surface area contributed by atoms with Gasteiger partial charge in [0.05, 0.1) is 23.8 Å². The van der Waals surface area contributed by atoms with Crippen LogP contribution in [0.3, 0.4) is 0 Å². The molecule has 1 aliphatic rings. The van der Waals surface area contributed by atoms with E-state index >= 15 is 0 Å². The lowest BCUT2D eigenvalue weighted by Gasteiger charge is -2.32. The first-order chi connectivity index (χ1) is 16.8. The average Bonchev–Trinajstić information content (AvgIpc) is 2.86. The van der Waals surface area contributed by atoms with E-state index in [1.807, 2.05) is 18.3 Å². The Kier molecular flexibility index (Phi) is 7.19. The van der Waals surface area contributed by atoms with Crippen LogP contribution in [-0.2, 0) is 11.2 Å². The topological polar surface area (TPSA) is 141 Å². The average molecular weight is 477 g/mol. The Hall–Kier alpha value is -4.08. The maximum Gasteiger partial charge on any atom is 0.322 e. The van der Waals surface area contributed by atoms with Crippen LogP contribution >= 0.6 is 0 Å². The minimum atomic E-state index is -1.18. The second-order valence-corrected chi connectivity index (χ2v) is 8.76. The fraction of sp³-hybridized carbons (Fsp3) is 0.360. The number of hydrogen-bond donors (Lipinski definition) is 3. The first-order valence-electron chi connectivity index (χ1n) is 11.5. The van der Waals surface area contributed by atoms with E-state index in [-0.39, 0.29) is 17.1 Å². The third-order valence-corrected chi connectivity index (χ3v) is 6.12. The van der Waals surface area contributed by atoms with Crippen molar-refractivity contribution >= 4 is 17.7 Å². The number of carbonyl (C=O) groups is 2. The van der Waals surface area contributed by atoms with Gasteiger partial charge in [0.25, 0.3) is 5.91 Å². The number of carbonyl (C=O) groups excluding carboxylic acids is 1. The summed E-state index contributed by atoms with van der Waals surface area (Å²) in [5.41, 5.74) is 3.17. The smallest absolute Gasteiger partial charge is 0.322 e. The van der Waals surface area contributed by atoms with Crippen LogP contribution in [0.5, 0.6) is 5.75 Å².